The van der Waals surface area contributed by atoms with Crippen molar-refractivity contribution in [3.8, 4) is 0 Å². The quantitative estimate of drug-likeness (QED) is 0.757. The standard InChI is InChI=1S/C23H24BrN3O2/c24-17-11-12-20-19(13-17)23(16-7-3-1-4-8-16)25-14-22(29)27(20)15-21(28)26-18-9-5-2-6-10-18/h1,3-4,7-8,11-13,18H,2,5-6,9-10,14-15H2,(H,26,28). The molecule has 2 aromatic rings. The van der Waals surface area contributed by atoms with Crippen LogP contribution in [0, 0.1) is 0 Å². The second-order valence-electron chi connectivity index (χ2n) is 7.57. The second-order valence-corrected chi connectivity index (χ2v) is 8.49. The van der Waals surface area contributed by atoms with Crippen LogP contribution in [0.4, 0.5) is 5.69 Å². The fraction of sp³-hybridized carbons (Fsp3) is 0.348. The maximum absolute atomic E-state index is 12.9. The predicted octanol–water partition coefficient (Wildman–Crippen LogP) is 4.08. The Morgan fingerprint density at radius 3 is 2.62 bits per heavy atom. The van der Waals surface area contributed by atoms with Gasteiger partial charge in [0.2, 0.25) is 11.8 Å². The van der Waals surface area contributed by atoms with E-state index in [-0.39, 0.29) is 30.9 Å². The third-order valence-electron chi connectivity index (χ3n) is 5.50. The number of carbonyl (C=O) groups is 2. The highest BCUT2D eigenvalue weighted by atomic mass is 79.9. The zero-order valence-corrected chi connectivity index (χ0v) is 17.8. The first kappa shape index (κ1) is 19.8. The van der Waals surface area contributed by atoms with E-state index in [1.165, 1.54) is 6.42 Å². The molecular formula is C23H24BrN3O2. The van der Waals surface area contributed by atoms with Crippen molar-refractivity contribution in [1.29, 1.82) is 0 Å². The van der Waals surface area contributed by atoms with Gasteiger partial charge in [-0.1, -0.05) is 65.5 Å². The highest BCUT2D eigenvalue weighted by molar-refractivity contribution is 9.10. The van der Waals surface area contributed by atoms with Gasteiger partial charge < -0.3 is 10.2 Å². The maximum Gasteiger partial charge on any atom is 0.249 e. The SMILES string of the molecule is O=C(CN1C(=O)CN=C(c2ccccc2)c2cc(Br)ccc21)NC1CCCCC1. The van der Waals surface area contributed by atoms with Crippen LogP contribution in [0.3, 0.4) is 0 Å². The first-order chi connectivity index (χ1) is 14.1. The monoisotopic (exact) mass is 453 g/mol. The van der Waals surface area contributed by atoms with Crippen molar-refractivity contribution < 1.29 is 9.59 Å². The van der Waals surface area contributed by atoms with Crippen LogP contribution >= 0.6 is 15.9 Å². The van der Waals surface area contributed by atoms with Gasteiger partial charge in [0.05, 0.1) is 11.4 Å². The Morgan fingerprint density at radius 2 is 1.86 bits per heavy atom. The van der Waals surface area contributed by atoms with Crippen LogP contribution in [0.25, 0.3) is 0 Å². The van der Waals surface area contributed by atoms with Gasteiger partial charge in [0.25, 0.3) is 0 Å². The summed E-state index contributed by atoms with van der Waals surface area (Å²) in [6.07, 6.45) is 5.57. The van der Waals surface area contributed by atoms with Crippen LogP contribution in [0.5, 0.6) is 0 Å². The van der Waals surface area contributed by atoms with Crippen LogP contribution in [0.15, 0.2) is 58.0 Å². The molecule has 1 fully saturated rings. The van der Waals surface area contributed by atoms with Gasteiger partial charge in [-0.3, -0.25) is 14.6 Å². The molecule has 5 nitrogen and oxygen atoms in total. The zero-order chi connectivity index (χ0) is 20.2. The molecule has 29 heavy (non-hydrogen) atoms. The lowest BCUT2D eigenvalue weighted by molar-refractivity contribution is -0.123. The van der Waals surface area contributed by atoms with Crippen molar-refractivity contribution in [2.45, 2.75) is 38.1 Å². The molecule has 0 radical (unpaired) electrons. The number of benzene rings is 2. The Kier molecular flexibility index (Phi) is 6.09. The summed E-state index contributed by atoms with van der Waals surface area (Å²) in [6, 6.07) is 15.8. The number of carbonyl (C=O) groups excluding carboxylic acids is 2. The van der Waals surface area contributed by atoms with E-state index >= 15 is 0 Å². The maximum atomic E-state index is 12.9. The molecule has 1 saturated carbocycles. The number of rotatable bonds is 4. The fourth-order valence-corrected chi connectivity index (χ4v) is 4.43. The molecule has 0 aromatic heterocycles. The van der Waals surface area contributed by atoms with Crippen LogP contribution in [0.1, 0.15) is 43.2 Å². The van der Waals surface area contributed by atoms with Crippen molar-refractivity contribution in [2.24, 2.45) is 4.99 Å². The number of anilines is 1. The highest BCUT2D eigenvalue weighted by Gasteiger charge is 2.27. The molecule has 2 amide bonds. The Labute approximate surface area is 179 Å². The molecule has 2 aliphatic rings. The fourth-order valence-electron chi connectivity index (χ4n) is 4.06. The lowest BCUT2D eigenvalue weighted by atomic mass is 9.95. The Balaban J connectivity index is 1.63. The second kappa shape index (κ2) is 8.91. The van der Waals surface area contributed by atoms with Gasteiger partial charge in [0, 0.05) is 21.6 Å². The number of nitrogens with zero attached hydrogens (tertiary/aromatic N) is 2. The highest BCUT2D eigenvalue weighted by Crippen LogP contribution is 2.30. The van der Waals surface area contributed by atoms with Gasteiger partial charge in [-0.05, 0) is 31.0 Å². The van der Waals surface area contributed by atoms with E-state index in [1.54, 1.807) is 4.90 Å². The van der Waals surface area contributed by atoms with E-state index < -0.39 is 0 Å². The Bertz CT molecular complexity index is 936. The first-order valence-corrected chi connectivity index (χ1v) is 10.9. The molecule has 0 saturated heterocycles. The topological polar surface area (TPSA) is 61.8 Å². The van der Waals surface area contributed by atoms with Gasteiger partial charge in [0.1, 0.15) is 13.1 Å². The van der Waals surface area contributed by atoms with Crippen molar-refractivity contribution in [1.82, 2.24) is 5.32 Å². The zero-order valence-electron chi connectivity index (χ0n) is 16.2. The Hall–Kier alpha value is -2.47. The van der Waals surface area contributed by atoms with E-state index in [1.807, 2.05) is 48.5 Å². The molecule has 6 heteroatoms. The number of hydrogen-bond acceptors (Lipinski definition) is 3. The smallest absolute Gasteiger partial charge is 0.249 e. The third-order valence-corrected chi connectivity index (χ3v) is 5.99. The Morgan fingerprint density at radius 1 is 1.10 bits per heavy atom. The van der Waals surface area contributed by atoms with E-state index in [4.69, 9.17) is 0 Å². The normalized spacial score (nSPS) is 17.3. The number of aliphatic imine (C=N–C) groups is 1. The lowest BCUT2D eigenvalue weighted by Gasteiger charge is -2.26. The van der Waals surface area contributed by atoms with Crippen molar-refractivity contribution in [3.63, 3.8) is 0 Å². The average molecular weight is 454 g/mol. The van der Waals surface area contributed by atoms with Crippen LogP contribution < -0.4 is 10.2 Å². The number of hydrogen-bond donors (Lipinski definition) is 1. The summed E-state index contributed by atoms with van der Waals surface area (Å²) < 4.78 is 0.904. The van der Waals surface area contributed by atoms with E-state index in [9.17, 15) is 9.59 Å². The van der Waals surface area contributed by atoms with Crippen LogP contribution in [-0.2, 0) is 9.59 Å². The largest absolute Gasteiger partial charge is 0.352 e. The summed E-state index contributed by atoms with van der Waals surface area (Å²) >= 11 is 3.53. The minimum Gasteiger partial charge on any atom is -0.352 e. The van der Waals surface area contributed by atoms with Gasteiger partial charge in [0.15, 0.2) is 0 Å². The molecule has 0 atom stereocenters. The van der Waals surface area contributed by atoms with E-state index in [0.717, 1.165) is 52.7 Å². The molecule has 4 rings (SSSR count). The summed E-state index contributed by atoms with van der Waals surface area (Å²) in [5.41, 5.74) is 3.29. The van der Waals surface area contributed by atoms with E-state index in [2.05, 4.69) is 26.2 Å². The number of nitrogens with one attached hydrogen (secondary N) is 1. The van der Waals surface area contributed by atoms with E-state index in [0.29, 0.717) is 0 Å². The van der Waals surface area contributed by atoms with Crippen LogP contribution in [-0.4, -0.2) is 36.7 Å². The average Bonchev–Trinajstić information content (AvgIpc) is 2.86. The number of benzodiazepines with no additional fused rings is 1. The van der Waals surface area contributed by atoms with Gasteiger partial charge in [-0.2, -0.15) is 0 Å². The molecule has 0 bridgehead atoms. The van der Waals surface area contributed by atoms with Crippen molar-refractivity contribution in [2.75, 3.05) is 18.0 Å². The predicted molar refractivity (Wildman–Crippen MR) is 118 cm³/mol. The lowest BCUT2D eigenvalue weighted by Crippen LogP contribution is -2.45. The van der Waals surface area contributed by atoms with Crippen LogP contribution in [0.2, 0.25) is 0 Å². The molecule has 1 heterocycles. The summed E-state index contributed by atoms with van der Waals surface area (Å²) in [5, 5.41) is 3.11. The number of amides is 2. The number of fused-ring (bicyclic) bond motifs is 1. The molecule has 150 valence electrons. The molecule has 2 aromatic carbocycles. The minimum absolute atomic E-state index is 0.0154. The molecule has 1 aliphatic carbocycles. The first-order valence-electron chi connectivity index (χ1n) is 10.1. The summed E-state index contributed by atoms with van der Waals surface area (Å²) in [5.74, 6) is -0.277. The van der Waals surface area contributed by atoms with Crippen molar-refractivity contribution >= 4 is 39.1 Å². The molecule has 0 spiro atoms. The molecule has 1 aliphatic heterocycles. The summed E-state index contributed by atoms with van der Waals surface area (Å²) in [4.78, 5) is 31.8. The summed E-state index contributed by atoms with van der Waals surface area (Å²) in [6.45, 7) is 0.0365. The van der Waals surface area contributed by atoms with Gasteiger partial charge in [-0.15, -0.1) is 0 Å². The van der Waals surface area contributed by atoms with Crippen molar-refractivity contribution in [3.05, 3.63) is 64.1 Å². The molecule has 0 unspecified atom stereocenters. The third kappa shape index (κ3) is 4.58. The minimum atomic E-state index is -0.168. The van der Waals surface area contributed by atoms with Gasteiger partial charge in [-0.25, -0.2) is 0 Å². The molecule has 1 N–H and O–H groups in total. The van der Waals surface area contributed by atoms with Gasteiger partial charge >= 0.3 is 0 Å². The molecular weight excluding hydrogens is 430 g/mol. The number of halogens is 1. The summed E-state index contributed by atoms with van der Waals surface area (Å²) in [7, 11) is 0.